The number of nitrogens with one attached hydrogen (secondary N) is 4. The van der Waals surface area contributed by atoms with Gasteiger partial charge in [0.1, 0.15) is 26.2 Å². The van der Waals surface area contributed by atoms with Gasteiger partial charge >= 0.3 is 59.5 Å². The summed E-state index contributed by atoms with van der Waals surface area (Å²) in [7, 11) is 0. The molecule has 45 heavy (non-hydrogen) atoms. The normalized spacial score (nSPS) is 15.6. The van der Waals surface area contributed by atoms with E-state index in [0.717, 1.165) is 0 Å². The molecule has 0 unspecified atom stereocenters. The standard InChI is InChI=1S/C24H40N8O12.La/c33-17(25-9-21(37)38)13-29-1-2-30(14-18(34)26-10-22(39)40)5-6-32(16-20(36)28-12-24(43)44)8-7-31(4-3-29)15-19(35)27-11-23(41)42;/h1-16H2,(H,25,33)(H,26,34)(H,27,35)(H,28,36)(H,37,38)(H,39,40)(H,41,42)(H,43,44);/q;+3. The van der Waals surface area contributed by atoms with Crippen molar-refractivity contribution in [3.63, 3.8) is 0 Å². The van der Waals surface area contributed by atoms with Crippen molar-refractivity contribution in [3.8, 4) is 0 Å². The van der Waals surface area contributed by atoms with Crippen molar-refractivity contribution in [3.05, 3.63) is 0 Å². The Bertz CT molecular complexity index is 874. The van der Waals surface area contributed by atoms with E-state index in [4.69, 9.17) is 20.4 Å². The van der Waals surface area contributed by atoms with Crippen LogP contribution in [0.4, 0.5) is 0 Å². The summed E-state index contributed by atoms with van der Waals surface area (Å²) in [4.78, 5) is 99.6. The van der Waals surface area contributed by atoms with Crippen LogP contribution in [0, 0.1) is 35.6 Å². The molecule has 0 atom stereocenters. The summed E-state index contributed by atoms with van der Waals surface area (Å²) in [6.45, 7) is -1.59. The number of hydrogen-bond acceptors (Lipinski definition) is 12. The van der Waals surface area contributed by atoms with E-state index in [0.29, 0.717) is 0 Å². The summed E-state index contributed by atoms with van der Waals surface area (Å²) in [6.07, 6.45) is 0. The van der Waals surface area contributed by atoms with Crippen LogP contribution in [0.15, 0.2) is 0 Å². The number of hydrogen-bond donors (Lipinski definition) is 8. The number of carbonyl (C=O) groups excluding carboxylic acids is 4. The number of nitrogens with zero attached hydrogens (tertiary/aromatic N) is 4. The fourth-order valence-electron chi connectivity index (χ4n) is 3.94. The molecule has 248 valence electrons. The van der Waals surface area contributed by atoms with E-state index in [1.54, 1.807) is 19.6 Å². The van der Waals surface area contributed by atoms with Gasteiger partial charge in [0.05, 0.1) is 26.2 Å². The predicted molar refractivity (Wildman–Crippen MR) is 148 cm³/mol. The van der Waals surface area contributed by atoms with Gasteiger partial charge in [0, 0.05) is 52.4 Å². The molecule has 8 N–H and O–H groups in total. The molecule has 0 saturated carbocycles. The molecular formula is C24H40LaN8O12+3. The molecule has 0 radical (unpaired) electrons. The van der Waals surface area contributed by atoms with Crippen molar-refractivity contribution in [1.82, 2.24) is 40.9 Å². The molecule has 1 rings (SSSR count). The molecule has 1 aliphatic heterocycles. The first-order valence-corrected chi connectivity index (χ1v) is 13.6. The third-order valence-corrected chi connectivity index (χ3v) is 6.15. The van der Waals surface area contributed by atoms with Gasteiger partial charge in [0.15, 0.2) is 0 Å². The topological polar surface area (TPSA) is 279 Å². The summed E-state index contributed by atoms with van der Waals surface area (Å²) in [5.41, 5.74) is 0. The van der Waals surface area contributed by atoms with E-state index in [9.17, 15) is 38.4 Å². The Balaban J connectivity index is 0.0000194. The molecule has 0 spiro atoms. The number of amides is 4. The average Bonchev–Trinajstić information content (AvgIpc) is 2.93. The number of carboxylic acid groups (broad SMARTS) is 4. The number of carbonyl (C=O) groups is 8. The van der Waals surface area contributed by atoms with Crippen LogP contribution in [-0.2, 0) is 38.4 Å². The van der Waals surface area contributed by atoms with Gasteiger partial charge < -0.3 is 41.7 Å². The van der Waals surface area contributed by atoms with E-state index in [-0.39, 0.29) is 114 Å². The first-order chi connectivity index (χ1) is 20.7. The molecule has 21 heteroatoms. The van der Waals surface area contributed by atoms with Crippen LogP contribution >= 0.6 is 0 Å². The van der Waals surface area contributed by atoms with E-state index >= 15 is 0 Å². The number of aliphatic carboxylic acids is 4. The quantitative estimate of drug-likeness (QED) is 0.0725. The third-order valence-electron chi connectivity index (χ3n) is 6.15. The largest absolute Gasteiger partial charge is 3.00 e. The minimum absolute atomic E-state index is 0. The molecule has 4 amide bonds. The van der Waals surface area contributed by atoms with Crippen molar-refractivity contribution < 1.29 is 94.4 Å². The van der Waals surface area contributed by atoms with Gasteiger partial charge in [-0.2, -0.15) is 0 Å². The van der Waals surface area contributed by atoms with E-state index < -0.39 is 73.7 Å². The van der Waals surface area contributed by atoms with Crippen LogP contribution in [0.3, 0.4) is 0 Å². The summed E-state index contributed by atoms with van der Waals surface area (Å²) >= 11 is 0. The first-order valence-electron chi connectivity index (χ1n) is 13.6. The molecule has 0 aromatic rings. The van der Waals surface area contributed by atoms with Crippen LogP contribution in [0.1, 0.15) is 0 Å². The Kier molecular flexibility index (Phi) is 21.5. The second kappa shape index (κ2) is 23.2. The predicted octanol–water partition coefficient (Wildman–Crippen LogP) is -5.99. The summed E-state index contributed by atoms with van der Waals surface area (Å²) < 4.78 is 0. The molecule has 1 heterocycles. The number of rotatable bonds is 16. The SMILES string of the molecule is O=C(O)CNC(=O)CN1CCN(CC(=O)NCC(=O)O)CCN(CC(=O)NCC(=O)O)CCN(CC(=O)NCC(=O)O)CC1.[La+3]. The maximum Gasteiger partial charge on any atom is 3.00 e. The second-order valence-electron chi connectivity index (χ2n) is 9.79. The second-order valence-corrected chi connectivity index (χ2v) is 9.79. The molecule has 0 bridgehead atoms. The maximum absolute atomic E-state index is 12.4. The van der Waals surface area contributed by atoms with Gasteiger partial charge in [0.2, 0.25) is 23.6 Å². The molecule has 0 aromatic carbocycles. The molecule has 1 aliphatic rings. The zero-order valence-electron chi connectivity index (χ0n) is 24.7. The first kappa shape index (κ1) is 41.8. The zero-order chi connectivity index (χ0) is 33.1. The molecule has 1 fully saturated rings. The van der Waals surface area contributed by atoms with E-state index in [1.807, 2.05) is 0 Å². The Labute approximate surface area is 286 Å². The fraction of sp³-hybridized carbons (Fsp3) is 0.667. The van der Waals surface area contributed by atoms with Gasteiger partial charge in [-0.1, -0.05) is 0 Å². The van der Waals surface area contributed by atoms with Gasteiger partial charge in [-0.15, -0.1) is 0 Å². The van der Waals surface area contributed by atoms with Crippen LogP contribution in [-0.4, -0.2) is 192 Å². The summed E-state index contributed by atoms with van der Waals surface area (Å²) in [5.74, 6) is -7.22. The Hall–Kier alpha value is -3.21. The monoisotopic (exact) mass is 771 g/mol. The molecule has 0 aromatic heterocycles. The maximum atomic E-state index is 12.4. The van der Waals surface area contributed by atoms with Gasteiger partial charge in [-0.05, 0) is 0 Å². The van der Waals surface area contributed by atoms with Crippen molar-refractivity contribution in [1.29, 1.82) is 0 Å². The molecular weight excluding hydrogens is 731 g/mol. The smallest absolute Gasteiger partial charge is 0.480 e. The van der Waals surface area contributed by atoms with Crippen LogP contribution in [0.5, 0.6) is 0 Å². The Morgan fingerprint density at radius 3 is 0.667 bits per heavy atom. The van der Waals surface area contributed by atoms with Crippen LogP contribution in [0.25, 0.3) is 0 Å². The summed E-state index contributed by atoms with van der Waals surface area (Å²) in [6, 6.07) is 0. The van der Waals surface area contributed by atoms with Gasteiger partial charge in [0.25, 0.3) is 0 Å². The van der Waals surface area contributed by atoms with E-state index in [1.165, 1.54) is 0 Å². The Morgan fingerprint density at radius 2 is 0.533 bits per heavy atom. The molecule has 1 saturated heterocycles. The molecule has 20 nitrogen and oxygen atoms in total. The minimum Gasteiger partial charge on any atom is -0.480 e. The van der Waals surface area contributed by atoms with Crippen LogP contribution in [0.2, 0.25) is 0 Å². The van der Waals surface area contributed by atoms with Gasteiger partial charge in [-0.25, -0.2) is 0 Å². The van der Waals surface area contributed by atoms with Crippen molar-refractivity contribution >= 4 is 47.5 Å². The van der Waals surface area contributed by atoms with Crippen molar-refractivity contribution in [2.75, 3.05) is 105 Å². The zero-order valence-corrected chi connectivity index (χ0v) is 28.4. The minimum atomic E-state index is -1.23. The summed E-state index contributed by atoms with van der Waals surface area (Å²) in [5, 5.41) is 44.5. The molecule has 0 aliphatic carbocycles. The van der Waals surface area contributed by atoms with Gasteiger partial charge in [-0.3, -0.25) is 58.0 Å². The van der Waals surface area contributed by atoms with Crippen molar-refractivity contribution in [2.24, 2.45) is 0 Å². The van der Waals surface area contributed by atoms with Crippen molar-refractivity contribution in [2.45, 2.75) is 0 Å². The fourth-order valence-corrected chi connectivity index (χ4v) is 3.94. The van der Waals surface area contributed by atoms with Crippen LogP contribution < -0.4 is 21.3 Å². The average molecular weight is 772 g/mol. The third kappa shape index (κ3) is 22.0. The number of carboxylic acids is 4. The Morgan fingerprint density at radius 1 is 0.378 bits per heavy atom. The van der Waals surface area contributed by atoms with E-state index in [2.05, 4.69) is 21.3 Å².